The molecule has 2 heteroatoms. The van der Waals surface area contributed by atoms with Crippen LogP contribution in [0.3, 0.4) is 0 Å². The number of benzene rings is 1. The lowest BCUT2D eigenvalue weighted by Gasteiger charge is -2.13. The molecule has 0 spiro atoms. The third-order valence-corrected chi connectivity index (χ3v) is 2.16. The average molecular weight is 196 g/mol. The quantitative estimate of drug-likeness (QED) is 0.727. The van der Waals surface area contributed by atoms with Crippen LogP contribution < -0.4 is 5.32 Å². The molecular weight excluding hydrogens is 182 g/mol. The zero-order valence-electron chi connectivity index (χ0n) is 7.97. The monoisotopic (exact) mass is 195 g/mol. The first-order valence-electron chi connectivity index (χ1n) is 4.28. The zero-order valence-corrected chi connectivity index (χ0v) is 8.73. The molecule has 0 radical (unpaired) electrons. The fourth-order valence-corrected chi connectivity index (χ4v) is 1.32. The van der Waals surface area contributed by atoms with Gasteiger partial charge < -0.3 is 5.32 Å². The first-order valence-corrected chi connectivity index (χ1v) is 4.66. The second-order valence-electron chi connectivity index (χ2n) is 3.13. The molecule has 0 aliphatic carbocycles. The highest BCUT2D eigenvalue weighted by Crippen LogP contribution is 2.20. The van der Waals surface area contributed by atoms with Crippen molar-refractivity contribution in [2.24, 2.45) is 0 Å². The fraction of sp³-hybridized carbons (Fsp3) is 0.273. The van der Waals surface area contributed by atoms with Crippen LogP contribution in [0.2, 0.25) is 5.02 Å². The van der Waals surface area contributed by atoms with Crippen molar-refractivity contribution < 1.29 is 0 Å². The van der Waals surface area contributed by atoms with Crippen LogP contribution in [0.25, 0.3) is 0 Å². The van der Waals surface area contributed by atoms with Crippen LogP contribution in [-0.2, 0) is 0 Å². The molecule has 1 nitrogen and oxygen atoms in total. The molecule has 0 aliphatic rings. The smallest absolute Gasteiger partial charge is 0.0413 e. The predicted molar refractivity (Wildman–Crippen MR) is 59.5 cm³/mol. The van der Waals surface area contributed by atoms with Gasteiger partial charge in [-0.15, -0.1) is 6.58 Å². The summed E-state index contributed by atoms with van der Waals surface area (Å²) in [5, 5.41) is 4.08. The first-order chi connectivity index (χ1) is 6.13. The summed E-state index contributed by atoms with van der Waals surface area (Å²) >= 11 is 5.84. The maximum Gasteiger partial charge on any atom is 0.0413 e. The Morgan fingerprint density at radius 1 is 1.54 bits per heavy atom. The van der Waals surface area contributed by atoms with Gasteiger partial charge in [-0.1, -0.05) is 17.7 Å². The standard InChI is InChI=1S/C11H14ClN/c1-4-9(3)13-11-6-5-10(12)7-8(11)2/h4-7,9,13H,1H2,2-3H3. The van der Waals surface area contributed by atoms with Gasteiger partial charge in [0.05, 0.1) is 0 Å². The van der Waals surface area contributed by atoms with E-state index in [2.05, 4.69) is 18.8 Å². The van der Waals surface area contributed by atoms with E-state index < -0.39 is 0 Å². The molecule has 0 amide bonds. The number of hydrogen-bond donors (Lipinski definition) is 1. The van der Waals surface area contributed by atoms with Crippen molar-refractivity contribution in [3.63, 3.8) is 0 Å². The summed E-state index contributed by atoms with van der Waals surface area (Å²) in [6, 6.07) is 6.09. The molecule has 0 heterocycles. The van der Waals surface area contributed by atoms with Crippen LogP contribution in [0.5, 0.6) is 0 Å². The number of halogens is 1. The summed E-state index contributed by atoms with van der Waals surface area (Å²) < 4.78 is 0. The van der Waals surface area contributed by atoms with Gasteiger partial charge >= 0.3 is 0 Å². The van der Waals surface area contributed by atoms with Gasteiger partial charge in [0.25, 0.3) is 0 Å². The van der Waals surface area contributed by atoms with E-state index in [-0.39, 0.29) is 6.04 Å². The second kappa shape index (κ2) is 4.33. The van der Waals surface area contributed by atoms with E-state index in [1.54, 1.807) is 0 Å². The number of hydrogen-bond acceptors (Lipinski definition) is 1. The molecule has 0 saturated heterocycles. The normalized spacial score (nSPS) is 12.2. The van der Waals surface area contributed by atoms with Gasteiger partial charge in [0, 0.05) is 16.8 Å². The lowest BCUT2D eigenvalue weighted by Crippen LogP contribution is -2.11. The minimum absolute atomic E-state index is 0.278. The number of aryl methyl sites for hydroxylation is 1. The van der Waals surface area contributed by atoms with E-state index >= 15 is 0 Å². The predicted octanol–water partition coefficient (Wildman–Crippen LogP) is 3.63. The molecule has 0 saturated carbocycles. The summed E-state index contributed by atoms with van der Waals surface area (Å²) in [5.74, 6) is 0. The number of nitrogens with one attached hydrogen (secondary N) is 1. The van der Waals surface area contributed by atoms with Crippen molar-refractivity contribution in [2.45, 2.75) is 19.9 Å². The number of rotatable bonds is 3. The SMILES string of the molecule is C=CC(C)Nc1ccc(Cl)cc1C. The molecule has 70 valence electrons. The molecule has 1 aromatic carbocycles. The summed E-state index contributed by atoms with van der Waals surface area (Å²) in [4.78, 5) is 0. The molecular formula is C11H14ClN. The molecule has 1 aromatic rings. The van der Waals surface area contributed by atoms with Gasteiger partial charge in [-0.05, 0) is 37.6 Å². The van der Waals surface area contributed by atoms with Crippen LogP contribution in [0.4, 0.5) is 5.69 Å². The van der Waals surface area contributed by atoms with Crippen LogP contribution in [0.1, 0.15) is 12.5 Å². The van der Waals surface area contributed by atoms with Gasteiger partial charge in [0.15, 0.2) is 0 Å². The van der Waals surface area contributed by atoms with Crippen molar-refractivity contribution in [1.82, 2.24) is 0 Å². The molecule has 0 fully saturated rings. The molecule has 1 atom stereocenters. The van der Waals surface area contributed by atoms with Gasteiger partial charge in [-0.2, -0.15) is 0 Å². The Morgan fingerprint density at radius 3 is 2.77 bits per heavy atom. The molecule has 1 N–H and O–H groups in total. The van der Waals surface area contributed by atoms with Crippen LogP contribution in [0, 0.1) is 6.92 Å². The molecule has 1 unspecified atom stereocenters. The zero-order chi connectivity index (χ0) is 9.84. The maximum absolute atomic E-state index is 5.84. The van der Waals surface area contributed by atoms with Crippen molar-refractivity contribution in [3.8, 4) is 0 Å². The van der Waals surface area contributed by atoms with E-state index in [9.17, 15) is 0 Å². The van der Waals surface area contributed by atoms with E-state index in [1.807, 2.05) is 31.2 Å². The topological polar surface area (TPSA) is 12.0 Å². The molecule has 1 rings (SSSR count). The van der Waals surface area contributed by atoms with Crippen LogP contribution >= 0.6 is 11.6 Å². The minimum Gasteiger partial charge on any atom is -0.379 e. The highest BCUT2D eigenvalue weighted by Gasteiger charge is 2.00. The van der Waals surface area contributed by atoms with Gasteiger partial charge in [-0.3, -0.25) is 0 Å². The molecule has 13 heavy (non-hydrogen) atoms. The van der Waals surface area contributed by atoms with E-state index in [1.165, 1.54) is 0 Å². The third kappa shape index (κ3) is 2.78. The third-order valence-electron chi connectivity index (χ3n) is 1.93. The van der Waals surface area contributed by atoms with Crippen molar-refractivity contribution in [3.05, 3.63) is 41.4 Å². The summed E-state index contributed by atoms with van der Waals surface area (Å²) in [5.41, 5.74) is 2.26. The highest BCUT2D eigenvalue weighted by molar-refractivity contribution is 6.30. The van der Waals surface area contributed by atoms with E-state index in [4.69, 9.17) is 11.6 Å². The Morgan fingerprint density at radius 2 is 2.23 bits per heavy atom. The molecule has 0 bridgehead atoms. The lowest BCUT2D eigenvalue weighted by molar-refractivity contribution is 0.998. The van der Waals surface area contributed by atoms with Gasteiger partial charge in [0.2, 0.25) is 0 Å². The van der Waals surface area contributed by atoms with Crippen molar-refractivity contribution in [1.29, 1.82) is 0 Å². The van der Waals surface area contributed by atoms with E-state index in [0.717, 1.165) is 16.3 Å². The average Bonchev–Trinajstić information content (AvgIpc) is 2.09. The Balaban J connectivity index is 2.83. The van der Waals surface area contributed by atoms with Crippen molar-refractivity contribution >= 4 is 17.3 Å². The van der Waals surface area contributed by atoms with Gasteiger partial charge in [-0.25, -0.2) is 0 Å². The first kappa shape index (κ1) is 10.1. The van der Waals surface area contributed by atoms with Crippen LogP contribution in [-0.4, -0.2) is 6.04 Å². The Kier molecular flexibility index (Phi) is 3.38. The summed E-state index contributed by atoms with van der Waals surface area (Å²) in [6.07, 6.45) is 1.87. The van der Waals surface area contributed by atoms with E-state index in [0.29, 0.717) is 0 Å². The largest absolute Gasteiger partial charge is 0.379 e. The number of anilines is 1. The molecule has 0 aromatic heterocycles. The minimum atomic E-state index is 0.278. The molecule has 0 aliphatic heterocycles. The fourth-order valence-electron chi connectivity index (χ4n) is 1.09. The Bertz CT molecular complexity index is 307. The Hall–Kier alpha value is -0.950. The van der Waals surface area contributed by atoms with Crippen molar-refractivity contribution in [2.75, 3.05) is 5.32 Å². The lowest BCUT2D eigenvalue weighted by atomic mass is 10.2. The summed E-state index contributed by atoms with van der Waals surface area (Å²) in [7, 11) is 0. The maximum atomic E-state index is 5.84. The highest BCUT2D eigenvalue weighted by atomic mass is 35.5. The second-order valence-corrected chi connectivity index (χ2v) is 3.56. The summed E-state index contributed by atoms with van der Waals surface area (Å²) in [6.45, 7) is 7.80. The van der Waals surface area contributed by atoms with Crippen LogP contribution in [0.15, 0.2) is 30.9 Å². The Labute approximate surface area is 84.4 Å². The van der Waals surface area contributed by atoms with Gasteiger partial charge in [0.1, 0.15) is 0 Å².